The number of fused-ring (bicyclic) bond motifs is 3. The molecule has 8 rings (SSSR count). The molecule has 5 aliphatic rings. The normalized spacial score (nSPS) is 21.9. The van der Waals surface area contributed by atoms with Gasteiger partial charge in [-0.05, 0) is 50.8 Å². The molecule has 2 aromatic carbocycles. The van der Waals surface area contributed by atoms with E-state index in [1.807, 2.05) is 36.6 Å². The van der Waals surface area contributed by atoms with Crippen LogP contribution >= 0.6 is 0 Å². The van der Waals surface area contributed by atoms with Crippen LogP contribution in [0.2, 0.25) is 0 Å². The number of carbonyl (C=O) groups excluding carboxylic acids is 4. The smallest absolute Gasteiger partial charge is 0.353 e. The summed E-state index contributed by atoms with van der Waals surface area (Å²) in [6.45, 7) is 5.00. The molecule has 3 unspecified atom stereocenters. The number of aromatic nitrogens is 2. The summed E-state index contributed by atoms with van der Waals surface area (Å²) in [5, 5.41) is 10.3. The molecule has 17 nitrogen and oxygen atoms in total. The van der Waals surface area contributed by atoms with Crippen LogP contribution in [0.15, 0.2) is 46.5 Å². The Kier molecular flexibility index (Phi) is 13.8. The number of hydrogen-bond donors (Lipinski definition) is 3. The Bertz CT molecular complexity index is 2590. The average molecular weight is 952 g/mol. The number of likely N-dealkylation sites (N-methyl/N-ethyl adjacent to an activating group) is 1. The number of piperidine rings is 1. The fourth-order valence-electron chi connectivity index (χ4n) is 9.40. The Balaban J connectivity index is 0.876. The second kappa shape index (κ2) is 19.8. The zero-order valence-corrected chi connectivity index (χ0v) is 37.6. The summed E-state index contributed by atoms with van der Waals surface area (Å²) in [6, 6.07) is 6.74. The first-order chi connectivity index (χ1) is 32.5. The van der Waals surface area contributed by atoms with E-state index in [1.165, 1.54) is 4.90 Å². The SMILES string of the molecule is CC#CCN1C(N2CCC[C@@H](NC(=O)CCC(=O)N[C@H](CC(=O)N3CCN4C(=NNC4C(F)(F)F)C3)Cc3cc(F)c(F)cc3F)C2)=NC2C1CN(Cc1nc(C)c3ccccc3n1)C(=O)N2C. The van der Waals surface area contributed by atoms with Gasteiger partial charge >= 0.3 is 12.2 Å². The molecule has 3 N–H and O–H groups in total. The van der Waals surface area contributed by atoms with Gasteiger partial charge in [-0.2, -0.15) is 18.3 Å². The second-order valence-electron chi connectivity index (χ2n) is 17.5. The molecule has 1 aromatic heterocycles. The van der Waals surface area contributed by atoms with E-state index >= 15 is 0 Å². The van der Waals surface area contributed by atoms with Gasteiger partial charge in [-0.1, -0.05) is 24.1 Å². The molecule has 5 amide bonds. The molecule has 5 aliphatic heterocycles. The van der Waals surface area contributed by atoms with Gasteiger partial charge in [-0.25, -0.2) is 32.9 Å². The minimum atomic E-state index is -4.62. The molecule has 0 aliphatic carbocycles. The molecule has 5 atom stereocenters. The first kappa shape index (κ1) is 47.6. The third kappa shape index (κ3) is 10.3. The van der Waals surface area contributed by atoms with Crippen molar-refractivity contribution in [3.05, 3.63) is 70.9 Å². The Labute approximate surface area is 388 Å². The number of urea groups is 1. The zero-order valence-electron chi connectivity index (χ0n) is 37.6. The molecule has 6 heterocycles. The number of hydrazone groups is 1. The maximum absolute atomic E-state index is 14.8. The second-order valence-corrected chi connectivity index (χ2v) is 17.5. The molecular weight excluding hydrogens is 901 g/mol. The Hall–Kier alpha value is -6.86. The van der Waals surface area contributed by atoms with Crippen molar-refractivity contribution < 1.29 is 45.5 Å². The predicted molar refractivity (Wildman–Crippen MR) is 235 cm³/mol. The summed E-state index contributed by atoms with van der Waals surface area (Å²) in [5.41, 5.74) is 3.32. The molecule has 0 bridgehead atoms. The number of aliphatic imine (C=N–C) groups is 1. The number of amides is 5. The van der Waals surface area contributed by atoms with Crippen LogP contribution < -0.4 is 16.1 Å². The molecule has 23 heteroatoms. The number of halogens is 6. The van der Waals surface area contributed by atoms with E-state index in [-0.39, 0.29) is 68.5 Å². The maximum atomic E-state index is 14.8. The highest BCUT2D eigenvalue weighted by atomic mass is 19.4. The number of rotatable bonds is 12. The lowest BCUT2D eigenvalue weighted by Gasteiger charge is -2.43. The van der Waals surface area contributed by atoms with Crippen molar-refractivity contribution in [1.29, 1.82) is 0 Å². The highest BCUT2D eigenvalue weighted by molar-refractivity contribution is 5.91. The minimum Gasteiger partial charge on any atom is -0.353 e. The van der Waals surface area contributed by atoms with Crippen LogP contribution in [0.25, 0.3) is 10.9 Å². The van der Waals surface area contributed by atoms with Gasteiger partial charge in [0, 0.05) is 88.3 Å². The largest absolute Gasteiger partial charge is 0.428 e. The fraction of sp³-hybridized carbons (Fsp3) is 0.511. The molecular formula is C45H51F6N13O4. The van der Waals surface area contributed by atoms with Gasteiger partial charge in [0.2, 0.25) is 23.9 Å². The van der Waals surface area contributed by atoms with Crippen molar-refractivity contribution in [3.63, 3.8) is 0 Å². The molecule has 0 spiro atoms. The number of para-hydroxylation sites is 1. The van der Waals surface area contributed by atoms with Crippen LogP contribution in [0, 0.1) is 36.2 Å². The number of likely N-dealkylation sites (tertiary alicyclic amines) is 1. The van der Waals surface area contributed by atoms with Gasteiger partial charge in [-0.15, -0.1) is 5.92 Å². The van der Waals surface area contributed by atoms with Crippen molar-refractivity contribution >= 4 is 46.5 Å². The van der Waals surface area contributed by atoms with Gasteiger partial charge in [0.1, 0.15) is 17.5 Å². The number of alkyl halides is 3. The van der Waals surface area contributed by atoms with Crippen LogP contribution in [0.1, 0.15) is 56.1 Å². The van der Waals surface area contributed by atoms with E-state index in [2.05, 4.69) is 37.4 Å². The number of guanidine groups is 1. The van der Waals surface area contributed by atoms with Crippen LogP contribution in [-0.2, 0) is 27.3 Å². The number of aryl methyl sites for hydroxylation is 1. The topological polar surface area (TPSA) is 174 Å². The van der Waals surface area contributed by atoms with Crippen LogP contribution in [-0.4, -0.2) is 164 Å². The quantitative estimate of drug-likeness (QED) is 0.139. The first-order valence-electron chi connectivity index (χ1n) is 22.4. The first-order valence-corrected chi connectivity index (χ1v) is 22.4. The summed E-state index contributed by atoms with van der Waals surface area (Å²) >= 11 is 0. The summed E-state index contributed by atoms with van der Waals surface area (Å²) in [7, 11) is 1.72. The number of benzene rings is 2. The lowest BCUT2D eigenvalue weighted by molar-refractivity contribution is -0.179. The average Bonchev–Trinajstić information content (AvgIpc) is 3.90. The van der Waals surface area contributed by atoms with Gasteiger partial charge in [0.15, 0.2) is 23.8 Å². The number of hydrogen-bond acceptors (Lipinski definition) is 12. The van der Waals surface area contributed by atoms with E-state index < -0.39 is 72.6 Å². The van der Waals surface area contributed by atoms with Crippen LogP contribution in [0.3, 0.4) is 0 Å². The number of nitrogens with one attached hydrogen (secondary N) is 3. The van der Waals surface area contributed by atoms with Crippen LogP contribution in [0.5, 0.6) is 0 Å². The number of amidine groups is 1. The molecule has 3 fully saturated rings. The highest BCUT2D eigenvalue weighted by Crippen LogP contribution is 2.31. The minimum absolute atomic E-state index is 0.0152. The predicted octanol–water partition coefficient (Wildman–Crippen LogP) is 3.04. The molecule has 3 saturated heterocycles. The van der Waals surface area contributed by atoms with E-state index in [4.69, 9.17) is 15.0 Å². The monoisotopic (exact) mass is 951 g/mol. The molecule has 362 valence electrons. The van der Waals surface area contributed by atoms with Gasteiger partial charge in [0.25, 0.3) is 0 Å². The Morgan fingerprint density at radius 3 is 2.53 bits per heavy atom. The standard InChI is InChI=1S/C45H51F6N13O4/c1-4-5-15-63-35-23-62(24-36-52-26(2)30-10-6-7-11-34(30)55-36)44(68)59(3)41(35)56-43(63)61-14-8-9-28(22-61)53-38(65)12-13-39(66)54-29(18-27-19-32(47)33(48)21-31(27)46)20-40(67)60-16-17-64-37(25-60)57-58-42(64)45(49,50)51/h6-7,10-11,19,21,28-29,35,41-42,58H,8-9,12-18,20,22-25H2,1-3H3,(H,53,65)(H,54,66)/t28-,29+,35?,41?,42?/m1/s1. The Morgan fingerprint density at radius 1 is 0.985 bits per heavy atom. The summed E-state index contributed by atoms with van der Waals surface area (Å²) in [6.07, 6.45) is -7.31. The van der Waals surface area contributed by atoms with E-state index in [1.54, 1.807) is 23.8 Å². The summed E-state index contributed by atoms with van der Waals surface area (Å²) in [5.74, 6) is 1.68. The lowest BCUT2D eigenvalue weighted by Crippen LogP contribution is -2.62. The Morgan fingerprint density at radius 2 is 1.75 bits per heavy atom. The van der Waals surface area contributed by atoms with Gasteiger partial charge in [0.05, 0.1) is 31.2 Å². The third-order valence-corrected chi connectivity index (χ3v) is 12.8. The zero-order chi connectivity index (χ0) is 48.4. The van der Waals surface area contributed by atoms with Crippen LogP contribution in [0.4, 0.5) is 31.1 Å². The summed E-state index contributed by atoms with van der Waals surface area (Å²) < 4.78 is 83.1. The fourth-order valence-corrected chi connectivity index (χ4v) is 9.40. The molecule has 3 aromatic rings. The maximum Gasteiger partial charge on any atom is 0.428 e. The van der Waals surface area contributed by atoms with Crippen molar-refractivity contribution in [2.24, 2.45) is 10.1 Å². The van der Waals surface area contributed by atoms with Gasteiger partial charge in [-0.3, -0.25) is 19.8 Å². The number of carbonyl (C=O) groups is 4. The number of nitrogens with zero attached hydrogens (tertiary/aromatic N) is 10. The highest BCUT2D eigenvalue weighted by Gasteiger charge is 2.50. The molecule has 0 saturated carbocycles. The van der Waals surface area contributed by atoms with E-state index in [9.17, 15) is 45.5 Å². The van der Waals surface area contributed by atoms with Crippen molar-refractivity contribution in [3.8, 4) is 11.8 Å². The van der Waals surface area contributed by atoms with Crippen molar-refractivity contribution in [2.45, 2.75) is 95.6 Å². The lowest BCUT2D eigenvalue weighted by atomic mass is 10.0. The van der Waals surface area contributed by atoms with E-state index in [0.717, 1.165) is 21.5 Å². The molecule has 0 radical (unpaired) electrons. The van der Waals surface area contributed by atoms with Crippen molar-refractivity contribution in [1.82, 2.24) is 55.4 Å². The van der Waals surface area contributed by atoms with Gasteiger partial charge < -0.3 is 40.0 Å². The van der Waals surface area contributed by atoms with Crippen molar-refractivity contribution in [2.75, 3.05) is 52.9 Å². The molecule has 68 heavy (non-hydrogen) atoms. The summed E-state index contributed by atoms with van der Waals surface area (Å²) in [4.78, 5) is 78.2. The third-order valence-electron chi connectivity index (χ3n) is 12.8. The van der Waals surface area contributed by atoms with E-state index in [0.29, 0.717) is 62.9 Å². The number of piperazine rings is 1.